The number of rotatable bonds is 5. The third-order valence-corrected chi connectivity index (χ3v) is 5.10. The summed E-state index contributed by atoms with van der Waals surface area (Å²) in [6, 6.07) is 2.08. The van der Waals surface area contributed by atoms with E-state index in [1.165, 1.54) is 5.56 Å². The molecule has 0 aliphatic carbocycles. The van der Waals surface area contributed by atoms with E-state index >= 15 is 0 Å². The van der Waals surface area contributed by atoms with E-state index in [0.717, 1.165) is 10.3 Å². The van der Waals surface area contributed by atoms with Gasteiger partial charge in [-0.25, -0.2) is 0 Å². The molecule has 106 valence electrons. The number of hydrogen-bond donors (Lipinski definition) is 1. The second kappa shape index (κ2) is 6.35. The van der Waals surface area contributed by atoms with Crippen LogP contribution in [0.3, 0.4) is 0 Å². The maximum Gasteiger partial charge on any atom is 0.311 e. The average Bonchev–Trinajstić information content (AvgIpc) is 2.75. The molecular formula is C13H18BrNO3S. The molecule has 1 aliphatic heterocycles. The van der Waals surface area contributed by atoms with E-state index in [1.807, 2.05) is 7.05 Å². The van der Waals surface area contributed by atoms with Crippen LogP contribution in [0, 0.1) is 5.41 Å². The van der Waals surface area contributed by atoms with Gasteiger partial charge in [-0.1, -0.05) is 0 Å². The van der Waals surface area contributed by atoms with Crippen molar-refractivity contribution in [3.63, 3.8) is 0 Å². The number of hydrogen-bond acceptors (Lipinski definition) is 4. The minimum absolute atomic E-state index is 0.546. The zero-order chi connectivity index (χ0) is 13.9. The lowest BCUT2D eigenvalue weighted by molar-refractivity contribution is -0.156. The Morgan fingerprint density at radius 2 is 2.26 bits per heavy atom. The Hall–Kier alpha value is -0.430. The van der Waals surface area contributed by atoms with Crippen molar-refractivity contribution in [3.8, 4) is 0 Å². The Morgan fingerprint density at radius 3 is 2.79 bits per heavy atom. The quantitative estimate of drug-likeness (QED) is 0.889. The number of halogens is 1. The van der Waals surface area contributed by atoms with Crippen molar-refractivity contribution in [3.05, 3.63) is 20.8 Å². The predicted molar refractivity (Wildman–Crippen MR) is 78.5 cm³/mol. The van der Waals surface area contributed by atoms with Crippen molar-refractivity contribution in [2.45, 2.75) is 19.4 Å². The van der Waals surface area contributed by atoms with Crippen LogP contribution in [0.25, 0.3) is 0 Å². The fourth-order valence-corrected chi connectivity index (χ4v) is 3.72. The number of carboxylic acid groups (broad SMARTS) is 1. The molecule has 0 radical (unpaired) electrons. The van der Waals surface area contributed by atoms with Gasteiger partial charge in [0.05, 0.1) is 9.20 Å². The molecule has 19 heavy (non-hydrogen) atoms. The summed E-state index contributed by atoms with van der Waals surface area (Å²) >= 11 is 5.10. The zero-order valence-electron chi connectivity index (χ0n) is 10.9. The summed E-state index contributed by atoms with van der Waals surface area (Å²) in [4.78, 5) is 13.7. The predicted octanol–water partition coefficient (Wildman–Crippen LogP) is 2.82. The summed E-state index contributed by atoms with van der Waals surface area (Å²) in [5.41, 5.74) is 0.562. The molecule has 0 bridgehead atoms. The van der Waals surface area contributed by atoms with Gasteiger partial charge in [0.2, 0.25) is 0 Å². The van der Waals surface area contributed by atoms with Gasteiger partial charge in [0.15, 0.2) is 0 Å². The fraction of sp³-hybridized carbons (Fsp3) is 0.615. The maximum atomic E-state index is 11.6. The lowest BCUT2D eigenvalue weighted by Gasteiger charge is -2.36. The van der Waals surface area contributed by atoms with Gasteiger partial charge in [-0.05, 0) is 52.8 Å². The van der Waals surface area contributed by atoms with Crippen LogP contribution in [-0.2, 0) is 16.1 Å². The number of aliphatic carboxylic acids is 1. The highest BCUT2D eigenvalue weighted by Gasteiger charge is 2.40. The van der Waals surface area contributed by atoms with E-state index in [4.69, 9.17) is 4.74 Å². The van der Waals surface area contributed by atoms with Crippen LogP contribution in [-0.4, -0.2) is 42.8 Å². The molecule has 1 saturated heterocycles. The molecule has 2 rings (SSSR count). The van der Waals surface area contributed by atoms with Gasteiger partial charge >= 0.3 is 5.97 Å². The topological polar surface area (TPSA) is 49.8 Å². The van der Waals surface area contributed by atoms with Crippen LogP contribution < -0.4 is 0 Å². The first-order valence-electron chi connectivity index (χ1n) is 6.24. The minimum Gasteiger partial charge on any atom is -0.481 e. The Morgan fingerprint density at radius 1 is 1.58 bits per heavy atom. The molecule has 0 spiro atoms. The number of carboxylic acids is 1. The van der Waals surface area contributed by atoms with Crippen LogP contribution in [0.5, 0.6) is 0 Å². The molecule has 0 unspecified atom stereocenters. The number of ether oxygens (including phenoxy) is 1. The summed E-state index contributed by atoms with van der Waals surface area (Å²) < 4.78 is 6.40. The fourth-order valence-electron chi connectivity index (χ4n) is 2.51. The normalized spacial score (nSPS) is 18.7. The van der Waals surface area contributed by atoms with Gasteiger partial charge in [0, 0.05) is 26.3 Å². The van der Waals surface area contributed by atoms with Gasteiger partial charge in [0.1, 0.15) is 0 Å². The Bertz CT molecular complexity index is 443. The highest BCUT2D eigenvalue weighted by atomic mass is 79.9. The molecule has 0 amide bonds. The molecule has 0 saturated carbocycles. The van der Waals surface area contributed by atoms with Gasteiger partial charge in [-0.15, -0.1) is 11.3 Å². The highest BCUT2D eigenvalue weighted by Crippen LogP contribution is 2.32. The lowest BCUT2D eigenvalue weighted by Crippen LogP contribution is -2.45. The van der Waals surface area contributed by atoms with Crippen molar-refractivity contribution >= 4 is 33.2 Å². The van der Waals surface area contributed by atoms with Crippen molar-refractivity contribution < 1.29 is 14.6 Å². The third-order valence-electron chi connectivity index (χ3n) is 3.55. The first kappa shape index (κ1) is 15.0. The molecule has 0 aromatic carbocycles. The summed E-state index contributed by atoms with van der Waals surface area (Å²) in [6.45, 7) is 2.44. The Labute approximate surface area is 125 Å². The van der Waals surface area contributed by atoms with Gasteiger partial charge < -0.3 is 14.7 Å². The standard InChI is InChI=1S/C13H18BrNO3S/c1-15(7-10-6-11(14)19-8-10)9-13(12(16)17)2-4-18-5-3-13/h6,8H,2-5,7,9H2,1H3,(H,16,17). The van der Waals surface area contributed by atoms with Crippen molar-refractivity contribution in [2.24, 2.45) is 5.41 Å². The number of carbonyl (C=O) groups is 1. The molecule has 6 heteroatoms. The Kier molecular flexibility index (Phi) is 5.00. The van der Waals surface area contributed by atoms with Gasteiger partial charge in [-0.3, -0.25) is 4.79 Å². The summed E-state index contributed by atoms with van der Waals surface area (Å²) in [7, 11) is 1.98. The maximum absolute atomic E-state index is 11.6. The lowest BCUT2D eigenvalue weighted by atomic mass is 9.80. The molecule has 1 aromatic rings. The van der Waals surface area contributed by atoms with E-state index in [-0.39, 0.29) is 0 Å². The molecule has 1 aromatic heterocycles. The van der Waals surface area contributed by atoms with Gasteiger partial charge in [-0.2, -0.15) is 0 Å². The second-order valence-corrected chi connectivity index (χ2v) is 7.42. The smallest absolute Gasteiger partial charge is 0.311 e. The third kappa shape index (κ3) is 3.78. The molecule has 2 heterocycles. The summed E-state index contributed by atoms with van der Waals surface area (Å²) in [6.07, 6.45) is 1.19. The SMILES string of the molecule is CN(Cc1csc(Br)c1)CC1(C(=O)O)CCOCC1. The van der Waals surface area contributed by atoms with Crippen LogP contribution in [0.1, 0.15) is 18.4 Å². The van der Waals surface area contributed by atoms with E-state index < -0.39 is 11.4 Å². The highest BCUT2D eigenvalue weighted by molar-refractivity contribution is 9.11. The molecule has 1 N–H and O–H groups in total. The van der Waals surface area contributed by atoms with Crippen LogP contribution in [0.4, 0.5) is 0 Å². The van der Waals surface area contributed by atoms with Crippen molar-refractivity contribution in [1.29, 1.82) is 0 Å². The first-order chi connectivity index (χ1) is 9.02. The second-order valence-electron chi connectivity index (χ2n) is 5.13. The van der Waals surface area contributed by atoms with E-state index in [1.54, 1.807) is 11.3 Å². The van der Waals surface area contributed by atoms with E-state index in [9.17, 15) is 9.90 Å². The number of thiophene rings is 1. The van der Waals surface area contributed by atoms with Crippen LogP contribution in [0.15, 0.2) is 15.2 Å². The van der Waals surface area contributed by atoms with E-state index in [2.05, 4.69) is 32.3 Å². The number of nitrogens with zero attached hydrogens (tertiary/aromatic N) is 1. The largest absolute Gasteiger partial charge is 0.481 e. The molecule has 1 aliphatic rings. The van der Waals surface area contributed by atoms with E-state index in [0.29, 0.717) is 32.6 Å². The van der Waals surface area contributed by atoms with Crippen molar-refractivity contribution in [2.75, 3.05) is 26.8 Å². The summed E-state index contributed by atoms with van der Waals surface area (Å²) in [5.74, 6) is -0.700. The minimum atomic E-state index is -0.700. The van der Waals surface area contributed by atoms with Gasteiger partial charge in [0.25, 0.3) is 0 Å². The molecule has 4 nitrogen and oxygen atoms in total. The molecular weight excluding hydrogens is 330 g/mol. The average molecular weight is 348 g/mol. The van der Waals surface area contributed by atoms with Crippen LogP contribution in [0.2, 0.25) is 0 Å². The summed E-state index contributed by atoms with van der Waals surface area (Å²) in [5, 5.41) is 11.6. The van der Waals surface area contributed by atoms with Crippen molar-refractivity contribution in [1.82, 2.24) is 4.90 Å². The van der Waals surface area contributed by atoms with Crippen LogP contribution >= 0.6 is 27.3 Å². The Balaban J connectivity index is 1.98. The first-order valence-corrected chi connectivity index (χ1v) is 7.92. The molecule has 1 fully saturated rings. The monoisotopic (exact) mass is 347 g/mol. The zero-order valence-corrected chi connectivity index (χ0v) is 13.3. The molecule has 0 atom stereocenters.